The third-order valence-corrected chi connectivity index (χ3v) is 5.21. The van der Waals surface area contributed by atoms with Crippen molar-refractivity contribution >= 4 is 56.6 Å². The van der Waals surface area contributed by atoms with Crippen molar-refractivity contribution < 1.29 is 19.1 Å². The van der Waals surface area contributed by atoms with Crippen molar-refractivity contribution in [1.29, 1.82) is 0 Å². The number of hydrogen-bond donors (Lipinski definition) is 1. The van der Waals surface area contributed by atoms with Crippen molar-refractivity contribution in [3.63, 3.8) is 0 Å². The van der Waals surface area contributed by atoms with Crippen LogP contribution < -0.4 is 14.9 Å². The largest absolute Gasteiger partial charge is 0.493 e. The molecule has 0 aliphatic rings. The molecule has 0 unspecified atom stereocenters. The minimum atomic E-state index is -0.477. The Morgan fingerprint density at radius 3 is 2.67 bits per heavy atom. The Kier molecular flexibility index (Phi) is 7.52. The number of halogens is 2. The molecule has 0 saturated heterocycles. The van der Waals surface area contributed by atoms with Gasteiger partial charge in [0.15, 0.2) is 11.5 Å². The van der Waals surface area contributed by atoms with E-state index in [9.17, 15) is 9.59 Å². The first kappa shape index (κ1) is 21.9. The van der Waals surface area contributed by atoms with Gasteiger partial charge in [-0.15, -0.1) is 0 Å². The molecular weight excluding hydrogens is 565 g/mol. The predicted molar refractivity (Wildman–Crippen MR) is 124 cm³/mol. The van der Waals surface area contributed by atoms with Crippen LogP contribution in [0.1, 0.15) is 26.3 Å². The highest BCUT2D eigenvalue weighted by molar-refractivity contribution is 14.1. The van der Waals surface area contributed by atoms with Crippen molar-refractivity contribution in [2.75, 3.05) is 7.11 Å². The molecule has 0 saturated carbocycles. The first-order valence-corrected chi connectivity index (χ1v) is 10.4. The van der Waals surface area contributed by atoms with Crippen LogP contribution in [0.15, 0.2) is 70.5 Å². The molecule has 0 bridgehead atoms. The lowest BCUT2D eigenvalue weighted by molar-refractivity contribution is 0.0728. The Bertz CT molecular complexity index is 1120. The number of carbonyl (C=O) groups is 2. The van der Waals surface area contributed by atoms with Crippen LogP contribution in [-0.4, -0.2) is 30.2 Å². The molecule has 7 nitrogen and oxygen atoms in total. The highest BCUT2D eigenvalue weighted by atomic mass is 127. The highest BCUT2D eigenvalue weighted by Crippen LogP contribution is 2.29. The summed E-state index contributed by atoms with van der Waals surface area (Å²) in [4.78, 5) is 28.4. The summed E-state index contributed by atoms with van der Waals surface area (Å²) in [5.41, 5.74) is 3.92. The lowest BCUT2D eigenvalue weighted by Crippen LogP contribution is -2.17. The number of ether oxygens (including phenoxy) is 2. The van der Waals surface area contributed by atoms with E-state index in [1.165, 1.54) is 19.5 Å². The molecule has 2 aromatic carbocycles. The molecule has 0 atom stereocenters. The minimum Gasteiger partial charge on any atom is -0.493 e. The topological polar surface area (TPSA) is 89.9 Å². The number of methoxy groups -OCH3 is 1. The fourth-order valence-electron chi connectivity index (χ4n) is 2.40. The van der Waals surface area contributed by atoms with E-state index in [-0.39, 0.29) is 5.75 Å². The van der Waals surface area contributed by atoms with E-state index in [4.69, 9.17) is 9.47 Å². The quantitative estimate of drug-likeness (QED) is 0.153. The second kappa shape index (κ2) is 10.3. The van der Waals surface area contributed by atoms with Gasteiger partial charge in [-0.3, -0.25) is 9.78 Å². The molecule has 1 N–H and O–H groups in total. The van der Waals surface area contributed by atoms with Gasteiger partial charge in [0.1, 0.15) is 0 Å². The fraction of sp³-hybridized carbons (Fsp3) is 0.0476. The number of nitrogens with one attached hydrogen (secondary N) is 1. The Hall–Kier alpha value is -2.79. The van der Waals surface area contributed by atoms with E-state index in [1.807, 2.05) is 12.1 Å². The summed E-state index contributed by atoms with van der Waals surface area (Å²) < 4.78 is 12.3. The Balaban J connectivity index is 1.69. The summed E-state index contributed by atoms with van der Waals surface area (Å²) in [6, 6.07) is 13.7. The zero-order valence-corrected chi connectivity index (χ0v) is 19.4. The van der Waals surface area contributed by atoms with Gasteiger partial charge in [0, 0.05) is 20.4 Å². The number of aromatic nitrogens is 1. The standard InChI is InChI=1S/C21H15BrIN3O4/c1-29-19-8-13(10-25-26-20(27)14-9-15(22)12-24-11-14)6-7-18(19)30-21(28)16-4-2-3-5-17(16)23/h2-12H,1H3,(H,26,27)/b25-10+. The number of nitrogens with zero attached hydrogens (tertiary/aromatic N) is 2. The van der Waals surface area contributed by atoms with Gasteiger partial charge >= 0.3 is 5.97 Å². The molecule has 9 heteroatoms. The predicted octanol–water partition coefficient (Wildman–Crippen LogP) is 4.44. The number of rotatable bonds is 6. The van der Waals surface area contributed by atoms with Crippen LogP contribution >= 0.6 is 38.5 Å². The molecule has 3 rings (SSSR count). The molecule has 0 fully saturated rings. The Labute approximate surface area is 194 Å². The summed E-state index contributed by atoms with van der Waals surface area (Å²) in [6.07, 6.45) is 4.48. The second-order valence-electron chi connectivity index (χ2n) is 5.87. The smallest absolute Gasteiger partial charge is 0.344 e. The molecule has 30 heavy (non-hydrogen) atoms. The molecule has 0 aliphatic carbocycles. The zero-order chi connectivity index (χ0) is 21.5. The fourth-order valence-corrected chi connectivity index (χ4v) is 3.37. The molecule has 3 aromatic rings. The van der Waals surface area contributed by atoms with Crippen LogP contribution in [0.25, 0.3) is 0 Å². The molecule has 152 valence electrons. The third-order valence-electron chi connectivity index (χ3n) is 3.83. The average Bonchev–Trinajstić information content (AvgIpc) is 2.74. The molecular formula is C21H15BrIN3O4. The Morgan fingerprint density at radius 1 is 1.13 bits per heavy atom. The maximum Gasteiger partial charge on any atom is 0.344 e. The van der Waals surface area contributed by atoms with Gasteiger partial charge < -0.3 is 9.47 Å². The van der Waals surface area contributed by atoms with E-state index in [1.54, 1.807) is 42.6 Å². The van der Waals surface area contributed by atoms with Gasteiger partial charge in [0.2, 0.25) is 0 Å². The van der Waals surface area contributed by atoms with Gasteiger partial charge in [-0.25, -0.2) is 10.2 Å². The molecule has 1 amide bonds. The summed E-state index contributed by atoms with van der Waals surface area (Å²) in [6.45, 7) is 0. The van der Waals surface area contributed by atoms with Crippen molar-refractivity contribution in [2.45, 2.75) is 0 Å². The summed E-state index contributed by atoms with van der Waals surface area (Å²) in [5, 5.41) is 3.94. The van der Waals surface area contributed by atoms with Crippen LogP contribution in [0.5, 0.6) is 11.5 Å². The number of hydrogen-bond acceptors (Lipinski definition) is 6. The molecule has 0 spiro atoms. The number of hydrazone groups is 1. The van der Waals surface area contributed by atoms with Crippen molar-refractivity contribution in [3.8, 4) is 11.5 Å². The summed E-state index contributed by atoms with van der Waals surface area (Å²) >= 11 is 5.34. The zero-order valence-electron chi connectivity index (χ0n) is 15.6. The second-order valence-corrected chi connectivity index (χ2v) is 7.95. The van der Waals surface area contributed by atoms with Gasteiger partial charge in [0.05, 0.1) is 24.5 Å². The minimum absolute atomic E-state index is 0.281. The van der Waals surface area contributed by atoms with Crippen LogP contribution in [0.4, 0.5) is 0 Å². The number of carbonyl (C=O) groups excluding carboxylic acids is 2. The molecule has 1 heterocycles. The summed E-state index contributed by atoms with van der Waals surface area (Å²) in [7, 11) is 1.47. The monoisotopic (exact) mass is 579 g/mol. The van der Waals surface area contributed by atoms with E-state index in [2.05, 4.69) is 54.0 Å². The maximum atomic E-state index is 12.4. The number of benzene rings is 2. The lowest BCUT2D eigenvalue weighted by atomic mass is 10.2. The van der Waals surface area contributed by atoms with Gasteiger partial charge in [-0.05, 0) is 80.5 Å². The van der Waals surface area contributed by atoms with Gasteiger partial charge in [-0.1, -0.05) is 12.1 Å². The van der Waals surface area contributed by atoms with Crippen LogP contribution in [0.2, 0.25) is 0 Å². The van der Waals surface area contributed by atoms with Crippen molar-refractivity contribution in [3.05, 3.63) is 85.7 Å². The van der Waals surface area contributed by atoms with Crippen molar-refractivity contribution in [1.82, 2.24) is 10.4 Å². The van der Waals surface area contributed by atoms with Crippen LogP contribution in [0, 0.1) is 3.57 Å². The third kappa shape index (κ3) is 5.63. The normalized spacial score (nSPS) is 10.6. The SMILES string of the molecule is COc1cc(/C=N/NC(=O)c2cncc(Br)c2)ccc1OC(=O)c1ccccc1I. The molecule has 0 aliphatic heterocycles. The van der Waals surface area contributed by atoms with E-state index in [0.717, 1.165) is 3.57 Å². The van der Waals surface area contributed by atoms with Crippen LogP contribution in [-0.2, 0) is 0 Å². The van der Waals surface area contributed by atoms with E-state index in [0.29, 0.717) is 26.9 Å². The number of esters is 1. The highest BCUT2D eigenvalue weighted by Gasteiger charge is 2.15. The summed E-state index contributed by atoms with van der Waals surface area (Å²) in [5.74, 6) is -0.228. The maximum absolute atomic E-state index is 12.4. The van der Waals surface area contributed by atoms with E-state index < -0.39 is 11.9 Å². The average molecular weight is 580 g/mol. The van der Waals surface area contributed by atoms with E-state index >= 15 is 0 Å². The number of pyridine rings is 1. The van der Waals surface area contributed by atoms with Gasteiger partial charge in [0.25, 0.3) is 5.91 Å². The number of amides is 1. The first-order valence-electron chi connectivity index (χ1n) is 8.56. The molecule has 1 aromatic heterocycles. The Morgan fingerprint density at radius 2 is 1.93 bits per heavy atom. The van der Waals surface area contributed by atoms with Crippen LogP contribution in [0.3, 0.4) is 0 Å². The molecule has 0 radical (unpaired) electrons. The first-order chi connectivity index (χ1) is 14.5. The lowest BCUT2D eigenvalue weighted by Gasteiger charge is -2.10. The van der Waals surface area contributed by atoms with Gasteiger partial charge in [-0.2, -0.15) is 5.10 Å². The van der Waals surface area contributed by atoms with Crippen molar-refractivity contribution in [2.24, 2.45) is 5.10 Å².